The molecule has 2 N–H and O–H groups in total. The van der Waals surface area contributed by atoms with Gasteiger partial charge in [-0.15, -0.1) is 12.4 Å². The van der Waals surface area contributed by atoms with Crippen LogP contribution in [-0.2, 0) is 9.53 Å². The molecule has 112 valence electrons. The molecule has 2 aliphatic heterocycles. The van der Waals surface area contributed by atoms with Crippen molar-refractivity contribution in [3.8, 4) is 0 Å². The number of carbonyl (C=O) groups is 1. The van der Waals surface area contributed by atoms with Crippen molar-refractivity contribution in [1.82, 2.24) is 4.90 Å². The van der Waals surface area contributed by atoms with E-state index in [4.69, 9.17) is 10.5 Å². The number of ether oxygens (including phenoxy) is 1. The minimum Gasteiger partial charge on any atom is -0.364 e. The Kier molecular flexibility index (Phi) is 6.09. The lowest BCUT2D eigenvalue weighted by Crippen LogP contribution is -2.48. The SMILES string of the molecule is CCC1(C)CCCN(C(=O)[C@@H]2CC[C@H](CN)O2)C1.Cl. The van der Waals surface area contributed by atoms with Gasteiger partial charge in [-0.25, -0.2) is 0 Å². The third-order valence-corrected chi connectivity index (χ3v) is 4.59. The Balaban J connectivity index is 0.00000180. The highest BCUT2D eigenvalue weighted by Crippen LogP contribution is 2.33. The normalized spacial score (nSPS) is 35.0. The Morgan fingerprint density at radius 1 is 1.47 bits per heavy atom. The first-order chi connectivity index (χ1) is 8.58. The predicted molar refractivity (Wildman–Crippen MR) is 78.4 cm³/mol. The molecule has 0 bridgehead atoms. The van der Waals surface area contributed by atoms with Gasteiger partial charge in [-0.2, -0.15) is 0 Å². The zero-order valence-electron chi connectivity index (χ0n) is 12.1. The van der Waals surface area contributed by atoms with Gasteiger partial charge in [0.2, 0.25) is 0 Å². The predicted octanol–water partition coefficient (Wildman–Crippen LogP) is 1.95. The monoisotopic (exact) mass is 290 g/mol. The van der Waals surface area contributed by atoms with Crippen LogP contribution in [0.25, 0.3) is 0 Å². The lowest BCUT2D eigenvalue weighted by atomic mass is 9.79. The Bertz CT molecular complexity index is 314. The van der Waals surface area contributed by atoms with Crippen molar-refractivity contribution < 1.29 is 9.53 Å². The van der Waals surface area contributed by atoms with Crippen molar-refractivity contribution in [3.63, 3.8) is 0 Å². The average Bonchev–Trinajstić information content (AvgIpc) is 2.86. The van der Waals surface area contributed by atoms with Gasteiger partial charge in [0.15, 0.2) is 0 Å². The number of nitrogens with zero attached hydrogens (tertiary/aromatic N) is 1. The maximum Gasteiger partial charge on any atom is 0.251 e. The van der Waals surface area contributed by atoms with E-state index in [0.717, 1.165) is 38.8 Å². The molecule has 0 radical (unpaired) electrons. The highest BCUT2D eigenvalue weighted by atomic mass is 35.5. The number of carbonyl (C=O) groups excluding carboxylic acids is 1. The Morgan fingerprint density at radius 3 is 2.79 bits per heavy atom. The fraction of sp³-hybridized carbons (Fsp3) is 0.929. The molecule has 5 heteroatoms. The first kappa shape index (κ1) is 16.7. The summed E-state index contributed by atoms with van der Waals surface area (Å²) in [5.74, 6) is 0.185. The first-order valence-electron chi connectivity index (χ1n) is 7.22. The molecule has 3 atom stereocenters. The summed E-state index contributed by atoms with van der Waals surface area (Å²) in [7, 11) is 0. The second-order valence-electron chi connectivity index (χ2n) is 6.09. The van der Waals surface area contributed by atoms with Crippen molar-refractivity contribution in [2.24, 2.45) is 11.1 Å². The number of likely N-dealkylation sites (tertiary alicyclic amines) is 1. The maximum atomic E-state index is 12.4. The van der Waals surface area contributed by atoms with Crippen LogP contribution >= 0.6 is 12.4 Å². The van der Waals surface area contributed by atoms with E-state index in [2.05, 4.69) is 13.8 Å². The number of halogens is 1. The maximum absolute atomic E-state index is 12.4. The topological polar surface area (TPSA) is 55.6 Å². The lowest BCUT2D eigenvalue weighted by molar-refractivity contribution is -0.146. The van der Waals surface area contributed by atoms with E-state index in [0.29, 0.717) is 12.0 Å². The van der Waals surface area contributed by atoms with Gasteiger partial charge in [-0.1, -0.05) is 13.8 Å². The highest BCUT2D eigenvalue weighted by molar-refractivity contribution is 5.85. The van der Waals surface area contributed by atoms with E-state index in [9.17, 15) is 4.79 Å². The Labute approximate surface area is 122 Å². The van der Waals surface area contributed by atoms with E-state index in [1.165, 1.54) is 6.42 Å². The summed E-state index contributed by atoms with van der Waals surface area (Å²) in [6.07, 6.45) is 5.08. The van der Waals surface area contributed by atoms with Crippen LogP contribution in [0.5, 0.6) is 0 Å². The molecule has 2 aliphatic rings. The van der Waals surface area contributed by atoms with Gasteiger partial charge in [0.1, 0.15) is 6.10 Å². The molecular formula is C14H27ClN2O2. The molecule has 2 heterocycles. The summed E-state index contributed by atoms with van der Waals surface area (Å²) in [6, 6.07) is 0. The van der Waals surface area contributed by atoms with Gasteiger partial charge < -0.3 is 15.4 Å². The minimum absolute atomic E-state index is 0. The standard InChI is InChI=1S/C14H26N2O2.ClH/c1-3-14(2)7-4-8-16(10-14)13(17)12-6-5-11(9-15)18-12;/h11-12H,3-10,15H2,1-2H3;1H/t11-,12+,14?;/m1./s1. The summed E-state index contributed by atoms with van der Waals surface area (Å²) in [5, 5.41) is 0. The van der Waals surface area contributed by atoms with Crippen molar-refractivity contribution in [2.75, 3.05) is 19.6 Å². The molecule has 2 fully saturated rings. The molecule has 0 aromatic heterocycles. The highest BCUT2D eigenvalue weighted by Gasteiger charge is 2.37. The van der Waals surface area contributed by atoms with Gasteiger partial charge >= 0.3 is 0 Å². The van der Waals surface area contributed by atoms with Crippen molar-refractivity contribution in [1.29, 1.82) is 0 Å². The summed E-state index contributed by atoms with van der Waals surface area (Å²) < 4.78 is 5.71. The van der Waals surface area contributed by atoms with Gasteiger partial charge in [-0.3, -0.25) is 4.79 Å². The van der Waals surface area contributed by atoms with Crippen LogP contribution in [0.15, 0.2) is 0 Å². The molecule has 1 amide bonds. The molecule has 0 aromatic carbocycles. The van der Waals surface area contributed by atoms with Gasteiger partial charge in [-0.05, 0) is 37.5 Å². The van der Waals surface area contributed by atoms with Crippen molar-refractivity contribution in [2.45, 2.75) is 58.2 Å². The van der Waals surface area contributed by atoms with Gasteiger partial charge in [0.05, 0.1) is 6.10 Å². The lowest BCUT2D eigenvalue weighted by Gasteiger charge is -2.40. The van der Waals surface area contributed by atoms with Crippen molar-refractivity contribution >= 4 is 18.3 Å². The fourth-order valence-electron chi connectivity index (χ4n) is 3.06. The number of nitrogens with two attached hydrogens (primary N) is 1. The molecule has 0 spiro atoms. The molecule has 0 aromatic rings. The molecule has 2 saturated heterocycles. The smallest absolute Gasteiger partial charge is 0.251 e. The van der Waals surface area contributed by atoms with Gasteiger partial charge in [0.25, 0.3) is 5.91 Å². The molecule has 0 aliphatic carbocycles. The summed E-state index contributed by atoms with van der Waals surface area (Å²) in [4.78, 5) is 14.4. The zero-order valence-corrected chi connectivity index (χ0v) is 12.9. The number of hydrogen-bond acceptors (Lipinski definition) is 3. The largest absolute Gasteiger partial charge is 0.364 e. The second kappa shape index (κ2) is 6.91. The van der Waals surface area contributed by atoms with E-state index in [1.54, 1.807) is 0 Å². The minimum atomic E-state index is -0.238. The van der Waals surface area contributed by atoms with Crippen LogP contribution in [0.2, 0.25) is 0 Å². The molecular weight excluding hydrogens is 264 g/mol. The van der Waals surface area contributed by atoms with Crippen LogP contribution in [-0.4, -0.2) is 42.6 Å². The van der Waals surface area contributed by atoms with Crippen LogP contribution in [0.4, 0.5) is 0 Å². The third-order valence-electron chi connectivity index (χ3n) is 4.59. The fourth-order valence-corrected chi connectivity index (χ4v) is 3.06. The number of rotatable bonds is 3. The molecule has 1 unspecified atom stereocenters. The first-order valence-corrected chi connectivity index (χ1v) is 7.22. The molecule has 4 nitrogen and oxygen atoms in total. The van der Waals surface area contributed by atoms with Crippen LogP contribution in [0.1, 0.15) is 46.0 Å². The molecule has 0 saturated carbocycles. The molecule has 2 rings (SSSR count). The molecule has 19 heavy (non-hydrogen) atoms. The Hall–Kier alpha value is -0.320. The quantitative estimate of drug-likeness (QED) is 0.864. The Morgan fingerprint density at radius 2 is 2.21 bits per heavy atom. The van der Waals surface area contributed by atoms with E-state index in [-0.39, 0.29) is 30.5 Å². The van der Waals surface area contributed by atoms with Crippen LogP contribution < -0.4 is 5.73 Å². The number of amides is 1. The van der Waals surface area contributed by atoms with E-state index >= 15 is 0 Å². The summed E-state index contributed by atoms with van der Waals surface area (Å²) >= 11 is 0. The van der Waals surface area contributed by atoms with E-state index in [1.807, 2.05) is 4.90 Å². The van der Waals surface area contributed by atoms with Crippen LogP contribution in [0, 0.1) is 5.41 Å². The summed E-state index contributed by atoms with van der Waals surface area (Å²) in [6.45, 7) is 6.79. The van der Waals surface area contributed by atoms with E-state index < -0.39 is 0 Å². The second-order valence-corrected chi connectivity index (χ2v) is 6.09. The zero-order chi connectivity index (χ0) is 13.2. The van der Waals surface area contributed by atoms with Crippen molar-refractivity contribution in [3.05, 3.63) is 0 Å². The number of piperidine rings is 1. The van der Waals surface area contributed by atoms with Crippen LogP contribution in [0.3, 0.4) is 0 Å². The average molecular weight is 291 g/mol. The third kappa shape index (κ3) is 3.83. The summed E-state index contributed by atoms with van der Waals surface area (Å²) in [5.41, 5.74) is 5.88. The number of hydrogen-bond donors (Lipinski definition) is 1. The van der Waals surface area contributed by atoms with Gasteiger partial charge in [0, 0.05) is 19.6 Å².